The number of fused-ring (bicyclic) bond motifs is 2. The van der Waals surface area contributed by atoms with E-state index in [-0.39, 0.29) is 41.7 Å². The average molecular weight is 869 g/mol. The summed E-state index contributed by atoms with van der Waals surface area (Å²) in [5, 5.41) is 6.20. The molecule has 3 aromatic heterocycles. The molecule has 9 heterocycles. The fraction of sp³-hybridized carbons (Fsp3) is 0.500. The van der Waals surface area contributed by atoms with E-state index in [0.717, 1.165) is 107 Å². The molecule has 4 aromatic rings. The third-order valence-corrected chi connectivity index (χ3v) is 14.9. The molecular formula is C46H52N12O6. The summed E-state index contributed by atoms with van der Waals surface area (Å²) in [5.74, 6) is -1.21. The number of aryl methyl sites for hydroxylation is 1. The van der Waals surface area contributed by atoms with Crippen LogP contribution in [0.4, 0.5) is 23.1 Å². The van der Waals surface area contributed by atoms with E-state index in [9.17, 15) is 28.8 Å². The number of ketones is 1. The van der Waals surface area contributed by atoms with E-state index in [1.807, 2.05) is 18.3 Å². The minimum absolute atomic E-state index is 0.0143. The number of amides is 4. The van der Waals surface area contributed by atoms with Crippen LogP contribution in [0.15, 0.2) is 47.5 Å². The molecule has 18 nitrogen and oxygen atoms in total. The van der Waals surface area contributed by atoms with Gasteiger partial charge >= 0.3 is 0 Å². The Morgan fingerprint density at radius 2 is 1.39 bits per heavy atom. The molecule has 1 aliphatic carbocycles. The molecule has 1 unspecified atom stereocenters. The average Bonchev–Trinajstić information content (AvgIpc) is 3.85. The van der Waals surface area contributed by atoms with Crippen LogP contribution in [0.2, 0.25) is 0 Å². The van der Waals surface area contributed by atoms with Gasteiger partial charge in [-0.15, -0.1) is 0 Å². The SMILES string of the molecule is CC(=O)c1c(C)c2cnc(Nc3ccc(N4CCN(C5CN(C6CN(C7CN(c8ccc9c(c8)C(=O)N(C8CCC(=O)NC8=O)C9=O)C7)C6)C5)CC4)cn3)nc2n(C2CCCC2)c1=O. The molecule has 0 bridgehead atoms. The standard InChI is InChI=1S/C46H52N12O6/c1-26-36-19-48-46(51-41(36)57(28-5-3-4-6-28)45(64)40(26)27(2)59)49-38-11-8-30(18-47-38)52-13-15-53(16-14-52)31-20-55(21-31)33-24-56(25-33)32-22-54(23-32)29-7-9-34-35(17-29)44(63)58(43(34)62)37-10-12-39(60)50-42(37)61/h7-9,11,17-19,28,31-33,37H,3-6,10,12-16,20-25H2,1-2H3,(H,50,60,61)(H,47,48,49,51). The van der Waals surface area contributed by atoms with Crippen LogP contribution in [0, 0.1) is 6.92 Å². The number of nitrogens with zero attached hydrogens (tertiary/aromatic N) is 10. The van der Waals surface area contributed by atoms with Gasteiger partial charge in [-0.2, -0.15) is 4.98 Å². The Bertz CT molecular complexity index is 2660. The zero-order valence-corrected chi connectivity index (χ0v) is 36.2. The molecule has 64 heavy (non-hydrogen) atoms. The summed E-state index contributed by atoms with van der Waals surface area (Å²) in [5.41, 5.74) is 3.72. The second-order valence-electron chi connectivity index (χ2n) is 18.6. The summed E-state index contributed by atoms with van der Waals surface area (Å²) in [6.07, 6.45) is 7.69. The number of likely N-dealkylation sites (tertiary alicyclic amines) is 2. The highest BCUT2D eigenvalue weighted by molar-refractivity contribution is 6.23. The highest BCUT2D eigenvalue weighted by Crippen LogP contribution is 2.36. The first-order valence-corrected chi connectivity index (χ1v) is 22.7. The van der Waals surface area contributed by atoms with Crippen LogP contribution >= 0.6 is 0 Å². The molecule has 7 aliphatic rings. The summed E-state index contributed by atoms with van der Waals surface area (Å²) in [4.78, 5) is 104. The second kappa shape index (κ2) is 15.8. The van der Waals surface area contributed by atoms with Gasteiger partial charge in [-0.05, 0) is 69.0 Å². The van der Waals surface area contributed by atoms with Gasteiger partial charge in [-0.25, -0.2) is 9.97 Å². The van der Waals surface area contributed by atoms with Gasteiger partial charge < -0.3 is 15.1 Å². The summed E-state index contributed by atoms with van der Waals surface area (Å²) in [7, 11) is 0. The number of hydrogen-bond acceptors (Lipinski definition) is 15. The number of pyridine rings is 2. The lowest BCUT2D eigenvalue weighted by Gasteiger charge is -2.58. The predicted molar refractivity (Wildman–Crippen MR) is 237 cm³/mol. The van der Waals surface area contributed by atoms with E-state index >= 15 is 0 Å². The molecule has 18 heteroatoms. The maximum atomic E-state index is 13.6. The van der Waals surface area contributed by atoms with Crippen LogP contribution in [0.5, 0.6) is 0 Å². The van der Waals surface area contributed by atoms with Crippen LogP contribution in [0.25, 0.3) is 11.0 Å². The number of aromatic nitrogens is 4. The molecule has 5 saturated heterocycles. The molecule has 4 amide bonds. The lowest BCUT2D eigenvalue weighted by molar-refractivity contribution is -0.136. The largest absolute Gasteiger partial charge is 0.368 e. The molecule has 0 spiro atoms. The number of piperidine rings is 1. The normalized spacial score (nSPS) is 23.1. The van der Waals surface area contributed by atoms with Gasteiger partial charge in [0, 0.05) is 113 Å². The maximum Gasteiger partial charge on any atom is 0.263 e. The lowest BCUT2D eigenvalue weighted by Crippen LogP contribution is -2.74. The van der Waals surface area contributed by atoms with Crippen LogP contribution < -0.4 is 26.0 Å². The number of nitrogens with one attached hydrogen (secondary N) is 2. The van der Waals surface area contributed by atoms with Gasteiger partial charge in [0.1, 0.15) is 17.5 Å². The van der Waals surface area contributed by atoms with Crippen molar-refractivity contribution in [3.63, 3.8) is 0 Å². The molecule has 332 valence electrons. The van der Waals surface area contributed by atoms with Crippen molar-refractivity contribution in [3.05, 3.63) is 75.3 Å². The number of imide groups is 2. The van der Waals surface area contributed by atoms with Crippen molar-refractivity contribution in [2.75, 3.05) is 80.6 Å². The van der Waals surface area contributed by atoms with Gasteiger partial charge in [-0.1, -0.05) is 12.8 Å². The first kappa shape index (κ1) is 40.7. The minimum atomic E-state index is -0.964. The van der Waals surface area contributed by atoms with Crippen molar-refractivity contribution in [2.45, 2.75) is 82.6 Å². The highest BCUT2D eigenvalue weighted by Gasteiger charge is 2.47. The molecule has 6 fully saturated rings. The summed E-state index contributed by atoms with van der Waals surface area (Å²) in [6, 6.07) is 10.0. The Balaban J connectivity index is 0.629. The van der Waals surface area contributed by atoms with Gasteiger partial charge in [0.2, 0.25) is 17.8 Å². The predicted octanol–water partition coefficient (Wildman–Crippen LogP) is 2.34. The van der Waals surface area contributed by atoms with Gasteiger partial charge in [0.05, 0.1) is 28.6 Å². The monoisotopic (exact) mass is 868 g/mol. The Morgan fingerprint density at radius 1 is 0.719 bits per heavy atom. The zero-order chi connectivity index (χ0) is 44.0. The van der Waals surface area contributed by atoms with Crippen LogP contribution in [0.3, 0.4) is 0 Å². The molecule has 1 saturated carbocycles. The van der Waals surface area contributed by atoms with E-state index in [1.54, 1.807) is 29.8 Å². The smallest absolute Gasteiger partial charge is 0.263 e. The van der Waals surface area contributed by atoms with E-state index in [1.165, 1.54) is 6.92 Å². The number of benzene rings is 1. The van der Waals surface area contributed by atoms with Gasteiger partial charge in [0.15, 0.2) is 5.78 Å². The lowest BCUT2D eigenvalue weighted by atomic mass is 9.94. The first-order valence-electron chi connectivity index (χ1n) is 22.7. The summed E-state index contributed by atoms with van der Waals surface area (Å²) >= 11 is 0. The summed E-state index contributed by atoms with van der Waals surface area (Å²) in [6.45, 7) is 13.1. The number of carbonyl (C=O) groups excluding carboxylic acids is 5. The molecule has 1 aromatic carbocycles. The highest BCUT2D eigenvalue weighted by atomic mass is 16.2. The Labute approximate surface area is 369 Å². The fourth-order valence-corrected chi connectivity index (χ4v) is 11.0. The second-order valence-corrected chi connectivity index (χ2v) is 18.6. The van der Waals surface area contributed by atoms with Crippen LogP contribution in [0.1, 0.15) is 88.1 Å². The number of piperazine rings is 1. The molecule has 11 rings (SSSR count). The maximum absolute atomic E-state index is 13.6. The fourth-order valence-electron chi connectivity index (χ4n) is 11.0. The Kier molecular flexibility index (Phi) is 10.1. The first-order chi connectivity index (χ1) is 31.0. The quantitative estimate of drug-likeness (QED) is 0.175. The summed E-state index contributed by atoms with van der Waals surface area (Å²) < 4.78 is 1.72. The Morgan fingerprint density at radius 3 is 2.06 bits per heavy atom. The van der Waals surface area contributed by atoms with Crippen LogP contribution in [-0.2, 0) is 9.59 Å². The van der Waals surface area contributed by atoms with Crippen LogP contribution in [-0.4, -0.2) is 158 Å². The van der Waals surface area contributed by atoms with E-state index in [4.69, 9.17) is 9.97 Å². The number of carbonyl (C=O) groups is 5. The number of anilines is 4. The topological polar surface area (TPSA) is 190 Å². The Hall–Kier alpha value is -6.11. The van der Waals surface area contributed by atoms with Gasteiger partial charge in [-0.3, -0.25) is 58.3 Å². The number of Topliss-reactive ketones (excluding diaryl/α,β-unsaturated/α-hetero) is 1. The van der Waals surface area contributed by atoms with E-state index in [0.29, 0.717) is 57.6 Å². The molecule has 1 atom stereocenters. The third-order valence-electron chi connectivity index (χ3n) is 14.9. The molecular weight excluding hydrogens is 817 g/mol. The molecule has 2 N–H and O–H groups in total. The number of rotatable bonds is 10. The van der Waals surface area contributed by atoms with Gasteiger partial charge in [0.25, 0.3) is 17.4 Å². The van der Waals surface area contributed by atoms with Crippen molar-refractivity contribution in [1.82, 2.24) is 44.4 Å². The zero-order valence-electron chi connectivity index (χ0n) is 36.2. The third kappa shape index (κ3) is 6.93. The van der Waals surface area contributed by atoms with E-state index in [2.05, 4.69) is 46.2 Å². The van der Waals surface area contributed by atoms with Crippen molar-refractivity contribution < 1.29 is 24.0 Å². The minimum Gasteiger partial charge on any atom is -0.368 e. The van der Waals surface area contributed by atoms with Crippen molar-refractivity contribution in [2.24, 2.45) is 0 Å². The van der Waals surface area contributed by atoms with Crippen molar-refractivity contribution in [3.8, 4) is 0 Å². The molecule has 6 aliphatic heterocycles. The van der Waals surface area contributed by atoms with Crippen molar-refractivity contribution in [1.29, 1.82) is 0 Å². The number of hydrogen-bond donors (Lipinski definition) is 2. The van der Waals surface area contributed by atoms with Crippen molar-refractivity contribution >= 4 is 63.6 Å². The molecule has 0 radical (unpaired) electrons. The van der Waals surface area contributed by atoms with E-state index < -0.39 is 23.8 Å².